The third-order valence-electron chi connectivity index (χ3n) is 3.16. The number of para-hydroxylation sites is 1. The third kappa shape index (κ3) is 3.34. The van der Waals surface area contributed by atoms with Crippen LogP contribution in [0.3, 0.4) is 0 Å². The van der Waals surface area contributed by atoms with Crippen LogP contribution in [0.25, 0.3) is 22.0 Å². The molecule has 1 nitrogen and oxygen atoms in total. The predicted octanol–water partition coefficient (Wildman–Crippen LogP) is 6.85. The second-order valence-corrected chi connectivity index (χ2v) is 11.8. The van der Waals surface area contributed by atoms with Crippen LogP contribution in [-0.4, -0.2) is 4.98 Å². The third-order valence-corrected chi connectivity index (χ3v) is 4.63. The smallest absolute Gasteiger partial charge is 0.176 e. The molecule has 106 valence electrons. The van der Waals surface area contributed by atoms with Gasteiger partial charge in [-0.25, -0.2) is 4.98 Å². The van der Waals surface area contributed by atoms with Crippen molar-refractivity contribution >= 4 is 70.3 Å². The average molecular weight is 490 g/mol. The van der Waals surface area contributed by atoms with Crippen molar-refractivity contribution in [3.8, 4) is 11.1 Å². The molecule has 0 atom stereocenters. The van der Waals surface area contributed by atoms with Gasteiger partial charge in [0.05, 0.1) is 11.2 Å². The summed E-state index contributed by atoms with van der Waals surface area (Å²) in [4.78, 5) is 4.68. The van der Waals surface area contributed by atoms with Crippen molar-refractivity contribution < 1.29 is 0 Å². The molecular formula is C16H9Br3ClN. The van der Waals surface area contributed by atoms with E-state index in [1.165, 1.54) is 0 Å². The van der Waals surface area contributed by atoms with Crippen LogP contribution < -0.4 is 0 Å². The van der Waals surface area contributed by atoms with E-state index in [1.807, 2.05) is 42.5 Å². The molecule has 0 amide bonds. The Bertz CT molecular complexity index is 795. The van der Waals surface area contributed by atoms with Crippen LogP contribution in [0, 0.1) is 0 Å². The largest absolute Gasteiger partial charge is 0.249 e. The summed E-state index contributed by atoms with van der Waals surface area (Å²) in [6.45, 7) is 0. The van der Waals surface area contributed by atoms with Crippen LogP contribution in [-0.2, 0) is 2.14 Å². The molecule has 5 heteroatoms. The van der Waals surface area contributed by atoms with Crippen molar-refractivity contribution in [2.24, 2.45) is 0 Å². The van der Waals surface area contributed by atoms with Gasteiger partial charge in [-0.05, 0) is 35.4 Å². The van der Waals surface area contributed by atoms with Crippen LogP contribution in [0.2, 0.25) is 5.02 Å². The first-order valence-corrected chi connectivity index (χ1v) is 8.94. The number of rotatable bonds is 1. The number of hydrogen-bond donors (Lipinski definition) is 0. The highest BCUT2D eigenvalue weighted by Crippen LogP contribution is 2.45. The van der Waals surface area contributed by atoms with Gasteiger partial charge in [0.25, 0.3) is 0 Å². The molecule has 0 spiro atoms. The summed E-state index contributed by atoms with van der Waals surface area (Å²) < 4.78 is -0.543. The van der Waals surface area contributed by atoms with Crippen molar-refractivity contribution in [2.75, 3.05) is 0 Å². The Labute approximate surface area is 153 Å². The minimum Gasteiger partial charge on any atom is -0.249 e. The Balaban J connectivity index is 2.31. The Morgan fingerprint density at radius 1 is 0.905 bits per heavy atom. The summed E-state index contributed by atoms with van der Waals surface area (Å²) in [6, 6.07) is 18.0. The summed E-state index contributed by atoms with van der Waals surface area (Å²) in [5.74, 6) is 0. The van der Waals surface area contributed by atoms with E-state index >= 15 is 0 Å². The van der Waals surface area contributed by atoms with Gasteiger partial charge in [-0.3, -0.25) is 0 Å². The zero-order chi connectivity index (χ0) is 15.0. The lowest BCUT2D eigenvalue weighted by atomic mass is 10.0. The van der Waals surface area contributed by atoms with E-state index in [0.717, 1.165) is 32.7 Å². The topological polar surface area (TPSA) is 12.9 Å². The summed E-state index contributed by atoms with van der Waals surface area (Å²) in [6.07, 6.45) is 0. The first kappa shape index (κ1) is 15.5. The monoisotopic (exact) mass is 487 g/mol. The molecule has 2 aromatic carbocycles. The van der Waals surface area contributed by atoms with Gasteiger partial charge >= 0.3 is 0 Å². The van der Waals surface area contributed by atoms with Crippen molar-refractivity contribution in [1.29, 1.82) is 0 Å². The normalized spacial score (nSPS) is 11.8. The predicted molar refractivity (Wildman–Crippen MR) is 101 cm³/mol. The Hall–Kier alpha value is -0.420. The molecule has 1 heterocycles. The van der Waals surface area contributed by atoms with E-state index in [4.69, 9.17) is 11.6 Å². The van der Waals surface area contributed by atoms with Crippen molar-refractivity contribution in [2.45, 2.75) is 2.14 Å². The van der Waals surface area contributed by atoms with Crippen LogP contribution in [0.4, 0.5) is 0 Å². The fourth-order valence-electron chi connectivity index (χ4n) is 2.19. The highest BCUT2D eigenvalue weighted by molar-refractivity contribution is 9.38. The summed E-state index contributed by atoms with van der Waals surface area (Å²) in [5, 5.41) is 1.84. The van der Waals surface area contributed by atoms with E-state index in [0.29, 0.717) is 0 Å². The molecule has 21 heavy (non-hydrogen) atoms. The molecular weight excluding hydrogens is 481 g/mol. The number of pyridine rings is 1. The minimum atomic E-state index is -0.543. The second kappa shape index (κ2) is 5.99. The van der Waals surface area contributed by atoms with Crippen molar-refractivity contribution in [3.05, 3.63) is 65.3 Å². The van der Waals surface area contributed by atoms with E-state index in [9.17, 15) is 0 Å². The maximum atomic E-state index is 5.99. The van der Waals surface area contributed by atoms with E-state index < -0.39 is 2.14 Å². The molecule has 0 saturated carbocycles. The van der Waals surface area contributed by atoms with Crippen LogP contribution in [0.5, 0.6) is 0 Å². The fourth-order valence-corrected chi connectivity index (χ4v) is 2.92. The van der Waals surface area contributed by atoms with Crippen molar-refractivity contribution in [3.63, 3.8) is 0 Å². The molecule has 0 aliphatic heterocycles. The van der Waals surface area contributed by atoms with E-state index in [-0.39, 0.29) is 0 Å². The van der Waals surface area contributed by atoms with Crippen LogP contribution in [0.15, 0.2) is 54.6 Å². The van der Waals surface area contributed by atoms with Crippen molar-refractivity contribution in [1.82, 2.24) is 4.98 Å². The maximum Gasteiger partial charge on any atom is 0.176 e. The zero-order valence-corrected chi connectivity index (χ0v) is 16.2. The minimum absolute atomic E-state index is 0.543. The van der Waals surface area contributed by atoms with E-state index in [1.54, 1.807) is 0 Å². The van der Waals surface area contributed by atoms with Crippen LogP contribution in [0.1, 0.15) is 5.69 Å². The lowest BCUT2D eigenvalue weighted by molar-refractivity contribution is 1.20. The number of hydrogen-bond acceptors (Lipinski definition) is 1. The first-order valence-electron chi connectivity index (χ1n) is 6.18. The zero-order valence-electron chi connectivity index (χ0n) is 10.7. The van der Waals surface area contributed by atoms with E-state index in [2.05, 4.69) is 64.9 Å². The second-order valence-electron chi connectivity index (χ2n) is 4.58. The maximum absolute atomic E-state index is 5.99. The standard InChI is InChI=1S/C16H9Br3ClN/c17-16(18,19)15-9-13(10-5-7-11(20)8-6-10)12-3-1-2-4-14(12)21-15/h1-9H. The van der Waals surface area contributed by atoms with Gasteiger partial charge in [-0.15, -0.1) is 0 Å². The Kier molecular flexibility index (Phi) is 4.42. The summed E-state index contributed by atoms with van der Waals surface area (Å²) >= 11 is 16.6. The summed E-state index contributed by atoms with van der Waals surface area (Å²) in [7, 11) is 0. The molecule has 0 N–H and O–H groups in total. The summed E-state index contributed by atoms with van der Waals surface area (Å²) in [5.41, 5.74) is 4.03. The quantitative estimate of drug-likeness (QED) is 0.340. The van der Waals surface area contributed by atoms with Gasteiger partial charge < -0.3 is 0 Å². The lowest BCUT2D eigenvalue weighted by Gasteiger charge is -2.15. The fraction of sp³-hybridized carbons (Fsp3) is 0.0625. The van der Waals surface area contributed by atoms with Gasteiger partial charge in [0.2, 0.25) is 0 Å². The van der Waals surface area contributed by atoms with Gasteiger partial charge in [0, 0.05) is 10.4 Å². The van der Waals surface area contributed by atoms with Gasteiger partial charge in [-0.2, -0.15) is 0 Å². The van der Waals surface area contributed by atoms with Gasteiger partial charge in [-0.1, -0.05) is 89.7 Å². The number of alkyl halides is 3. The molecule has 1 aromatic heterocycles. The molecule has 0 radical (unpaired) electrons. The molecule has 0 fully saturated rings. The van der Waals surface area contributed by atoms with Crippen LogP contribution >= 0.6 is 59.4 Å². The molecule has 0 unspecified atom stereocenters. The first-order chi connectivity index (χ1) is 9.95. The molecule has 0 aliphatic carbocycles. The molecule has 0 aliphatic rings. The SMILES string of the molecule is Clc1ccc(-c2cc(C(Br)(Br)Br)nc3ccccc23)cc1. The number of fused-ring (bicyclic) bond motifs is 1. The molecule has 3 aromatic rings. The highest BCUT2D eigenvalue weighted by atomic mass is 80.0. The Morgan fingerprint density at radius 2 is 1.57 bits per heavy atom. The number of halogens is 4. The molecule has 0 saturated heterocycles. The highest BCUT2D eigenvalue weighted by Gasteiger charge is 2.24. The number of aromatic nitrogens is 1. The molecule has 0 bridgehead atoms. The lowest BCUT2D eigenvalue weighted by Crippen LogP contribution is -2.02. The molecule has 3 rings (SSSR count). The van der Waals surface area contributed by atoms with Gasteiger partial charge in [0.15, 0.2) is 2.14 Å². The van der Waals surface area contributed by atoms with Gasteiger partial charge in [0.1, 0.15) is 0 Å². The average Bonchev–Trinajstić information content (AvgIpc) is 2.46. The Morgan fingerprint density at radius 3 is 2.24 bits per heavy atom. The number of benzene rings is 2. The number of nitrogens with zero attached hydrogens (tertiary/aromatic N) is 1.